The van der Waals surface area contributed by atoms with Crippen molar-refractivity contribution in [3.63, 3.8) is 0 Å². The van der Waals surface area contributed by atoms with Crippen molar-refractivity contribution in [3.8, 4) is 5.75 Å². The molecule has 180 valence electrons. The molecule has 0 saturated carbocycles. The Labute approximate surface area is 193 Å². The molecular formula is C26H32F3NO3. The standard InChI is InChI=1S/C26H32F3NO3/c1-17-8-7-9-18(12-17)16-33-23-14-20(25(2,3)4)21(26(27,28)29)13-19(23)15-30-11-6-5-10-22(30)24(31)32/h7-9,12-14,22H,5-6,10-11,15-16H2,1-4H3,(H,31,32)/t22-/m0/s1. The van der Waals surface area contributed by atoms with Gasteiger partial charge in [0.25, 0.3) is 0 Å². The summed E-state index contributed by atoms with van der Waals surface area (Å²) in [7, 11) is 0. The number of rotatable bonds is 6. The number of benzene rings is 2. The first-order chi connectivity index (χ1) is 15.4. The van der Waals surface area contributed by atoms with Crippen molar-refractivity contribution in [3.05, 3.63) is 64.2 Å². The summed E-state index contributed by atoms with van der Waals surface area (Å²) in [4.78, 5) is 13.5. The van der Waals surface area contributed by atoms with Gasteiger partial charge in [0.2, 0.25) is 0 Å². The van der Waals surface area contributed by atoms with Crippen LogP contribution in [-0.2, 0) is 29.5 Å². The molecule has 0 amide bonds. The highest BCUT2D eigenvalue weighted by Crippen LogP contribution is 2.41. The molecule has 1 atom stereocenters. The lowest BCUT2D eigenvalue weighted by atomic mass is 9.82. The maximum absolute atomic E-state index is 14.0. The fourth-order valence-electron chi connectivity index (χ4n) is 4.38. The number of ether oxygens (including phenoxy) is 1. The molecular weight excluding hydrogens is 431 g/mol. The number of hydrogen-bond acceptors (Lipinski definition) is 3. The Morgan fingerprint density at radius 3 is 2.45 bits per heavy atom. The van der Waals surface area contributed by atoms with Gasteiger partial charge in [0, 0.05) is 12.1 Å². The van der Waals surface area contributed by atoms with E-state index >= 15 is 0 Å². The second-order valence-corrected chi connectivity index (χ2v) is 9.85. The van der Waals surface area contributed by atoms with E-state index in [1.807, 2.05) is 31.2 Å². The van der Waals surface area contributed by atoms with Gasteiger partial charge in [-0.05, 0) is 55.0 Å². The third kappa shape index (κ3) is 6.28. The van der Waals surface area contributed by atoms with Crippen molar-refractivity contribution in [1.29, 1.82) is 0 Å². The molecule has 0 unspecified atom stereocenters. The van der Waals surface area contributed by atoms with Crippen LogP contribution in [0.4, 0.5) is 13.2 Å². The van der Waals surface area contributed by atoms with E-state index in [1.54, 1.807) is 25.7 Å². The zero-order chi connectivity index (χ0) is 24.4. The highest BCUT2D eigenvalue weighted by Gasteiger charge is 2.38. The first-order valence-electron chi connectivity index (χ1n) is 11.3. The quantitative estimate of drug-likeness (QED) is 0.544. The summed E-state index contributed by atoms with van der Waals surface area (Å²) in [5.74, 6) is -0.580. The van der Waals surface area contributed by atoms with Crippen LogP contribution in [0.5, 0.6) is 5.75 Å². The van der Waals surface area contributed by atoms with E-state index in [0.29, 0.717) is 24.3 Å². The van der Waals surface area contributed by atoms with Gasteiger partial charge in [-0.3, -0.25) is 9.69 Å². The molecule has 7 heteroatoms. The maximum Gasteiger partial charge on any atom is 0.416 e. The molecule has 33 heavy (non-hydrogen) atoms. The van der Waals surface area contributed by atoms with E-state index < -0.39 is 29.2 Å². The molecule has 4 nitrogen and oxygen atoms in total. The minimum absolute atomic E-state index is 0.0909. The average Bonchev–Trinajstić information content (AvgIpc) is 2.71. The van der Waals surface area contributed by atoms with Crippen molar-refractivity contribution >= 4 is 5.97 Å². The molecule has 1 heterocycles. The van der Waals surface area contributed by atoms with Gasteiger partial charge in [-0.15, -0.1) is 0 Å². The molecule has 1 saturated heterocycles. The predicted molar refractivity (Wildman–Crippen MR) is 121 cm³/mol. The van der Waals surface area contributed by atoms with E-state index in [9.17, 15) is 23.1 Å². The average molecular weight is 464 g/mol. The summed E-state index contributed by atoms with van der Waals surface area (Å²) < 4.78 is 48.1. The van der Waals surface area contributed by atoms with E-state index in [0.717, 1.165) is 30.0 Å². The zero-order valence-corrected chi connectivity index (χ0v) is 19.6. The number of piperidine rings is 1. The molecule has 0 aromatic heterocycles. The molecule has 3 rings (SSSR count). The number of aliphatic carboxylic acids is 1. The van der Waals surface area contributed by atoms with Gasteiger partial charge >= 0.3 is 12.1 Å². The SMILES string of the molecule is Cc1cccc(COc2cc(C(C)(C)C)c(C(F)(F)F)cc2CN2CCCC[C@H]2C(=O)O)c1. The fraction of sp³-hybridized carbons (Fsp3) is 0.500. The van der Waals surface area contributed by atoms with Crippen molar-refractivity contribution in [2.24, 2.45) is 0 Å². The fourth-order valence-corrected chi connectivity index (χ4v) is 4.38. The lowest BCUT2D eigenvalue weighted by Gasteiger charge is -2.34. The van der Waals surface area contributed by atoms with Crippen molar-refractivity contribution < 1.29 is 27.8 Å². The number of likely N-dealkylation sites (tertiary alicyclic amines) is 1. The van der Waals surface area contributed by atoms with E-state index in [1.165, 1.54) is 6.07 Å². The monoisotopic (exact) mass is 463 g/mol. The van der Waals surface area contributed by atoms with Crippen LogP contribution in [0.2, 0.25) is 0 Å². The number of carboxylic acid groups (broad SMARTS) is 1. The highest BCUT2D eigenvalue weighted by molar-refractivity contribution is 5.73. The Hall–Kier alpha value is -2.54. The van der Waals surface area contributed by atoms with Gasteiger partial charge in [0.15, 0.2) is 0 Å². The smallest absolute Gasteiger partial charge is 0.416 e. The lowest BCUT2D eigenvalue weighted by molar-refractivity contribution is -0.145. The van der Waals surface area contributed by atoms with Gasteiger partial charge in [-0.1, -0.05) is 57.0 Å². The Bertz CT molecular complexity index is 995. The first-order valence-corrected chi connectivity index (χ1v) is 11.3. The molecule has 0 bridgehead atoms. The van der Waals surface area contributed by atoms with Crippen LogP contribution in [-0.4, -0.2) is 28.6 Å². The van der Waals surface area contributed by atoms with Crippen molar-refractivity contribution in [2.45, 2.75) is 77.7 Å². The molecule has 1 fully saturated rings. The first kappa shape index (κ1) is 25.1. The molecule has 0 radical (unpaired) electrons. The number of alkyl halides is 3. The summed E-state index contributed by atoms with van der Waals surface area (Å²) >= 11 is 0. The zero-order valence-electron chi connectivity index (χ0n) is 19.6. The second kappa shape index (κ2) is 9.75. The van der Waals surface area contributed by atoms with Gasteiger partial charge in [0.05, 0.1) is 5.56 Å². The Kier molecular flexibility index (Phi) is 7.42. The number of halogens is 3. The second-order valence-electron chi connectivity index (χ2n) is 9.85. The van der Waals surface area contributed by atoms with Crippen LogP contribution < -0.4 is 4.74 Å². The van der Waals surface area contributed by atoms with E-state index in [2.05, 4.69) is 0 Å². The lowest BCUT2D eigenvalue weighted by Crippen LogP contribution is -2.44. The Balaban J connectivity index is 2.04. The van der Waals surface area contributed by atoms with Crippen LogP contribution in [0.15, 0.2) is 36.4 Å². The molecule has 0 spiro atoms. The summed E-state index contributed by atoms with van der Waals surface area (Å²) in [6.45, 7) is 8.02. The van der Waals surface area contributed by atoms with Crippen LogP contribution in [0, 0.1) is 6.92 Å². The maximum atomic E-state index is 14.0. The summed E-state index contributed by atoms with van der Waals surface area (Å²) in [6, 6.07) is 9.69. The molecule has 1 N–H and O–H groups in total. The topological polar surface area (TPSA) is 49.8 Å². The third-order valence-electron chi connectivity index (χ3n) is 6.06. The summed E-state index contributed by atoms with van der Waals surface area (Å²) in [5.41, 5.74) is 1.05. The number of hydrogen-bond donors (Lipinski definition) is 1. The van der Waals surface area contributed by atoms with Crippen molar-refractivity contribution in [1.82, 2.24) is 4.90 Å². The normalized spacial score (nSPS) is 17.7. The van der Waals surface area contributed by atoms with E-state index in [4.69, 9.17) is 4.74 Å². The van der Waals surface area contributed by atoms with Crippen molar-refractivity contribution in [2.75, 3.05) is 6.54 Å². The number of carboxylic acids is 1. The van der Waals surface area contributed by atoms with Gasteiger partial charge in [-0.2, -0.15) is 13.2 Å². The van der Waals surface area contributed by atoms with Gasteiger partial charge in [-0.25, -0.2) is 0 Å². The molecule has 0 aliphatic carbocycles. The number of carbonyl (C=O) groups is 1. The van der Waals surface area contributed by atoms with Crippen LogP contribution in [0.1, 0.15) is 67.9 Å². The van der Waals surface area contributed by atoms with Crippen LogP contribution in [0.3, 0.4) is 0 Å². The van der Waals surface area contributed by atoms with Gasteiger partial charge < -0.3 is 9.84 Å². The Morgan fingerprint density at radius 2 is 1.85 bits per heavy atom. The third-order valence-corrected chi connectivity index (χ3v) is 6.06. The molecule has 1 aliphatic rings. The van der Waals surface area contributed by atoms with E-state index in [-0.39, 0.29) is 18.7 Å². The highest BCUT2D eigenvalue weighted by atomic mass is 19.4. The van der Waals surface area contributed by atoms with Crippen LogP contribution in [0.25, 0.3) is 0 Å². The molecule has 2 aromatic rings. The number of nitrogens with zero attached hydrogens (tertiary/aromatic N) is 1. The van der Waals surface area contributed by atoms with Gasteiger partial charge in [0.1, 0.15) is 18.4 Å². The molecule has 2 aromatic carbocycles. The number of aryl methyl sites for hydroxylation is 1. The molecule has 1 aliphatic heterocycles. The minimum atomic E-state index is -4.53. The predicted octanol–water partition coefficient (Wildman–Crippen LogP) is 6.33. The van der Waals surface area contributed by atoms with Crippen LogP contribution >= 0.6 is 0 Å². The minimum Gasteiger partial charge on any atom is -0.489 e. The Morgan fingerprint density at radius 1 is 1.12 bits per heavy atom. The largest absolute Gasteiger partial charge is 0.489 e. The summed E-state index contributed by atoms with van der Waals surface area (Å²) in [5, 5.41) is 9.62. The summed E-state index contributed by atoms with van der Waals surface area (Å²) in [6.07, 6.45) is -2.43.